The minimum absolute atomic E-state index is 0.177. The van der Waals surface area contributed by atoms with Crippen molar-refractivity contribution in [2.24, 2.45) is 0 Å². The van der Waals surface area contributed by atoms with Crippen molar-refractivity contribution in [3.8, 4) is 23.3 Å². The van der Waals surface area contributed by atoms with Gasteiger partial charge in [-0.15, -0.1) is 0 Å². The summed E-state index contributed by atoms with van der Waals surface area (Å²) in [6.45, 7) is 2.09. The molecule has 1 N–H and O–H groups in total. The summed E-state index contributed by atoms with van der Waals surface area (Å²) in [5, 5.41) is 11.6. The number of amides is 1. The van der Waals surface area contributed by atoms with E-state index in [4.69, 9.17) is 19.5 Å². The maximum Gasteiger partial charge on any atom is 0.262 e. The first kappa shape index (κ1) is 17.2. The van der Waals surface area contributed by atoms with E-state index in [1.807, 2.05) is 13.0 Å². The van der Waals surface area contributed by atoms with E-state index in [0.717, 1.165) is 0 Å². The lowest BCUT2D eigenvalue weighted by atomic mass is 10.2. The van der Waals surface area contributed by atoms with Crippen LogP contribution >= 0.6 is 0 Å². The van der Waals surface area contributed by atoms with E-state index in [1.54, 1.807) is 49.6 Å². The fourth-order valence-electron chi connectivity index (χ4n) is 2.01. The monoisotopic (exact) mass is 326 g/mol. The molecule has 0 atom stereocenters. The van der Waals surface area contributed by atoms with Crippen molar-refractivity contribution in [1.82, 2.24) is 0 Å². The fourth-order valence-corrected chi connectivity index (χ4v) is 2.01. The molecule has 0 heterocycles. The summed E-state index contributed by atoms with van der Waals surface area (Å²) in [7, 11) is 1.56. The van der Waals surface area contributed by atoms with Gasteiger partial charge in [-0.1, -0.05) is 6.07 Å². The summed E-state index contributed by atoms with van der Waals surface area (Å²) >= 11 is 0. The van der Waals surface area contributed by atoms with E-state index in [9.17, 15) is 4.79 Å². The highest BCUT2D eigenvalue weighted by Crippen LogP contribution is 2.28. The Bertz CT molecular complexity index is 753. The highest BCUT2D eigenvalue weighted by atomic mass is 16.5. The van der Waals surface area contributed by atoms with E-state index in [-0.39, 0.29) is 12.5 Å². The summed E-state index contributed by atoms with van der Waals surface area (Å²) in [4.78, 5) is 12.0. The molecule has 6 nitrogen and oxygen atoms in total. The molecule has 6 heteroatoms. The molecule has 2 aromatic carbocycles. The lowest BCUT2D eigenvalue weighted by Gasteiger charge is -2.12. The maximum atomic E-state index is 12.0. The van der Waals surface area contributed by atoms with E-state index >= 15 is 0 Å². The van der Waals surface area contributed by atoms with Gasteiger partial charge in [-0.2, -0.15) is 5.26 Å². The molecule has 0 aliphatic rings. The number of methoxy groups -OCH3 is 1. The van der Waals surface area contributed by atoms with E-state index in [2.05, 4.69) is 5.32 Å². The zero-order valence-corrected chi connectivity index (χ0v) is 13.5. The molecule has 0 fully saturated rings. The second-order valence-corrected chi connectivity index (χ2v) is 4.78. The predicted octanol–water partition coefficient (Wildman–Crippen LogP) is 2.98. The number of anilines is 1. The normalized spacial score (nSPS) is 9.71. The number of nitrogens with zero attached hydrogens (tertiary/aromatic N) is 1. The second kappa shape index (κ2) is 8.44. The first-order chi connectivity index (χ1) is 11.7. The van der Waals surface area contributed by atoms with Gasteiger partial charge in [0.25, 0.3) is 5.91 Å². The lowest BCUT2D eigenvalue weighted by Crippen LogP contribution is -2.20. The molecule has 0 bridgehead atoms. The van der Waals surface area contributed by atoms with Crippen molar-refractivity contribution in [1.29, 1.82) is 5.26 Å². The Labute approximate surface area is 140 Å². The third-order valence-electron chi connectivity index (χ3n) is 3.08. The molecule has 124 valence electrons. The molecule has 0 saturated carbocycles. The average Bonchev–Trinajstić information content (AvgIpc) is 2.61. The minimum Gasteiger partial charge on any atom is -0.497 e. The molecule has 24 heavy (non-hydrogen) atoms. The maximum absolute atomic E-state index is 12.0. The van der Waals surface area contributed by atoms with Gasteiger partial charge in [0.2, 0.25) is 0 Å². The van der Waals surface area contributed by atoms with Gasteiger partial charge in [0.1, 0.15) is 5.75 Å². The fraction of sp³-hybridized carbons (Fsp3) is 0.222. The van der Waals surface area contributed by atoms with Crippen LogP contribution in [-0.4, -0.2) is 26.2 Å². The molecule has 1 amide bonds. The smallest absolute Gasteiger partial charge is 0.262 e. The molecule has 0 radical (unpaired) electrons. The van der Waals surface area contributed by atoms with Gasteiger partial charge in [-0.25, -0.2) is 0 Å². The number of hydrogen-bond donors (Lipinski definition) is 1. The van der Waals surface area contributed by atoms with Crippen molar-refractivity contribution in [3.63, 3.8) is 0 Å². The van der Waals surface area contributed by atoms with Crippen molar-refractivity contribution < 1.29 is 19.0 Å². The topological polar surface area (TPSA) is 80.6 Å². The Kier molecular flexibility index (Phi) is 6.03. The molecule has 0 aliphatic carbocycles. The Morgan fingerprint density at radius 2 is 2.00 bits per heavy atom. The SMILES string of the molecule is CCOc1cc(C#N)ccc1OCC(=O)Nc1cccc(OC)c1. The van der Waals surface area contributed by atoms with Crippen LogP contribution in [0.3, 0.4) is 0 Å². The van der Waals surface area contributed by atoms with Crippen molar-refractivity contribution in [2.75, 3.05) is 25.6 Å². The van der Waals surface area contributed by atoms with E-state index < -0.39 is 0 Å². The molecule has 0 spiro atoms. The van der Waals surface area contributed by atoms with Crippen LogP contribution in [0.2, 0.25) is 0 Å². The van der Waals surface area contributed by atoms with Crippen LogP contribution in [0.1, 0.15) is 12.5 Å². The quantitative estimate of drug-likeness (QED) is 0.846. The Hall–Kier alpha value is -3.20. The van der Waals surface area contributed by atoms with Crippen LogP contribution in [0.25, 0.3) is 0 Å². The van der Waals surface area contributed by atoms with Crippen LogP contribution in [0.5, 0.6) is 17.2 Å². The van der Waals surface area contributed by atoms with Crippen LogP contribution in [0.4, 0.5) is 5.69 Å². The van der Waals surface area contributed by atoms with Crippen LogP contribution in [-0.2, 0) is 4.79 Å². The van der Waals surface area contributed by atoms with Crippen molar-refractivity contribution in [2.45, 2.75) is 6.92 Å². The molecule has 0 saturated heterocycles. The van der Waals surface area contributed by atoms with Crippen LogP contribution < -0.4 is 19.5 Å². The number of carbonyl (C=O) groups is 1. The number of nitriles is 1. The number of carbonyl (C=O) groups excluding carboxylic acids is 1. The van der Waals surface area contributed by atoms with E-state index in [1.165, 1.54) is 0 Å². The molecule has 2 rings (SSSR count). The Morgan fingerprint density at radius 1 is 1.17 bits per heavy atom. The van der Waals surface area contributed by atoms with Gasteiger partial charge in [0.05, 0.1) is 25.3 Å². The number of ether oxygens (including phenoxy) is 3. The third-order valence-corrected chi connectivity index (χ3v) is 3.08. The van der Waals surface area contributed by atoms with Gasteiger partial charge in [-0.05, 0) is 31.2 Å². The Morgan fingerprint density at radius 3 is 2.71 bits per heavy atom. The first-order valence-corrected chi connectivity index (χ1v) is 7.40. The summed E-state index contributed by atoms with van der Waals surface area (Å²) in [5.74, 6) is 1.19. The number of rotatable bonds is 7. The molecule has 0 unspecified atom stereocenters. The highest BCUT2D eigenvalue weighted by molar-refractivity contribution is 5.92. The molecule has 0 aliphatic heterocycles. The number of benzene rings is 2. The standard InChI is InChI=1S/C18H18N2O4/c1-3-23-17-9-13(11-19)7-8-16(17)24-12-18(21)20-14-5-4-6-15(10-14)22-2/h4-10H,3,12H2,1-2H3,(H,20,21). The lowest BCUT2D eigenvalue weighted by molar-refractivity contribution is -0.118. The van der Waals surface area contributed by atoms with Gasteiger partial charge in [-0.3, -0.25) is 4.79 Å². The molecule has 0 aromatic heterocycles. The zero-order chi connectivity index (χ0) is 17.4. The predicted molar refractivity (Wildman–Crippen MR) is 89.4 cm³/mol. The average molecular weight is 326 g/mol. The van der Waals surface area contributed by atoms with Crippen molar-refractivity contribution in [3.05, 3.63) is 48.0 Å². The van der Waals surface area contributed by atoms with Gasteiger partial charge in [0, 0.05) is 17.8 Å². The van der Waals surface area contributed by atoms with Crippen LogP contribution in [0.15, 0.2) is 42.5 Å². The molecule has 2 aromatic rings. The highest BCUT2D eigenvalue weighted by Gasteiger charge is 2.10. The van der Waals surface area contributed by atoms with Gasteiger partial charge < -0.3 is 19.5 Å². The second-order valence-electron chi connectivity index (χ2n) is 4.78. The zero-order valence-electron chi connectivity index (χ0n) is 13.5. The Balaban J connectivity index is 1.99. The summed E-state index contributed by atoms with van der Waals surface area (Å²) < 4.78 is 16.0. The van der Waals surface area contributed by atoms with Crippen molar-refractivity contribution >= 4 is 11.6 Å². The molecular weight excluding hydrogens is 308 g/mol. The van der Waals surface area contributed by atoms with Gasteiger partial charge in [0.15, 0.2) is 18.1 Å². The van der Waals surface area contributed by atoms with E-state index in [0.29, 0.717) is 35.1 Å². The minimum atomic E-state index is -0.310. The first-order valence-electron chi connectivity index (χ1n) is 7.40. The summed E-state index contributed by atoms with van der Waals surface area (Å²) in [6.07, 6.45) is 0. The summed E-state index contributed by atoms with van der Waals surface area (Å²) in [5.41, 5.74) is 1.08. The largest absolute Gasteiger partial charge is 0.497 e. The summed E-state index contributed by atoms with van der Waals surface area (Å²) in [6, 6.07) is 13.9. The number of hydrogen-bond acceptors (Lipinski definition) is 5. The molecular formula is C18H18N2O4. The van der Waals surface area contributed by atoms with Gasteiger partial charge >= 0.3 is 0 Å². The van der Waals surface area contributed by atoms with Crippen LogP contribution in [0, 0.1) is 11.3 Å². The third kappa shape index (κ3) is 4.65. The number of nitrogens with one attached hydrogen (secondary N) is 1.